The summed E-state index contributed by atoms with van der Waals surface area (Å²) in [6.07, 6.45) is -0.184. The molecule has 3 amide bonds. The highest BCUT2D eigenvalue weighted by Gasteiger charge is 2.39. The Morgan fingerprint density at radius 2 is 1.74 bits per heavy atom. The molecule has 1 aliphatic rings. The molecule has 7 N–H and O–H groups in total. The van der Waals surface area contributed by atoms with Crippen LogP contribution in [0.3, 0.4) is 0 Å². The maximum atomic E-state index is 13.5. The molecule has 1 saturated heterocycles. The molecule has 1 aliphatic heterocycles. The molecule has 5 atom stereocenters. The first-order valence-electron chi connectivity index (χ1n) is 11.3. The van der Waals surface area contributed by atoms with Crippen molar-refractivity contribution in [1.82, 2.24) is 15.5 Å². The van der Waals surface area contributed by atoms with Crippen molar-refractivity contribution in [3.8, 4) is 5.75 Å². The number of nitrogens with one attached hydrogen (secondary N) is 2. The minimum Gasteiger partial charge on any atom is -0.508 e. The number of nitrogens with zero attached hydrogens (tertiary/aromatic N) is 1. The molecule has 0 spiro atoms. The Morgan fingerprint density at radius 3 is 2.26 bits per heavy atom. The van der Waals surface area contributed by atoms with Gasteiger partial charge < -0.3 is 36.6 Å². The van der Waals surface area contributed by atoms with E-state index in [0.717, 1.165) is 0 Å². The van der Waals surface area contributed by atoms with E-state index >= 15 is 0 Å². The Hall–Kier alpha value is -3.18. The molecule has 188 valence electrons. The van der Waals surface area contributed by atoms with Crippen molar-refractivity contribution in [2.45, 2.75) is 70.3 Å². The summed E-state index contributed by atoms with van der Waals surface area (Å²) in [5, 5.41) is 33.6. The lowest BCUT2D eigenvalue weighted by molar-refractivity contribution is -0.145. The predicted octanol–water partition coefficient (Wildman–Crippen LogP) is -0.656. The maximum Gasteiger partial charge on any atom is 0.326 e. The SMILES string of the molecule is CC(C)C(NC(=O)C1CCCN1C(=O)C(Cc1ccc(O)cc1)NC(=O)C(N)C(C)O)C(=O)O. The van der Waals surface area contributed by atoms with E-state index in [1.165, 1.54) is 24.0 Å². The van der Waals surface area contributed by atoms with Gasteiger partial charge in [0.15, 0.2) is 0 Å². The van der Waals surface area contributed by atoms with Crippen molar-refractivity contribution in [2.24, 2.45) is 11.7 Å². The number of carboxylic acids is 1. The molecule has 1 heterocycles. The van der Waals surface area contributed by atoms with E-state index in [1.807, 2.05) is 0 Å². The quantitative estimate of drug-likeness (QED) is 0.256. The van der Waals surface area contributed by atoms with Crippen molar-refractivity contribution >= 4 is 23.7 Å². The van der Waals surface area contributed by atoms with Crippen LogP contribution in [0.5, 0.6) is 5.75 Å². The first-order valence-corrected chi connectivity index (χ1v) is 11.3. The van der Waals surface area contributed by atoms with Crippen LogP contribution in [0, 0.1) is 5.92 Å². The minimum absolute atomic E-state index is 0.0428. The topological polar surface area (TPSA) is 182 Å². The summed E-state index contributed by atoms with van der Waals surface area (Å²) in [4.78, 5) is 51.7. The number of phenols is 1. The molecule has 5 unspecified atom stereocenters. The van der Waals surface area contributed by atoms with Crippen molar-refractivity contribution < 1.29 is 34.5 Å². The summed E-state index contributed by atoms with van der Waals surface area (Å²) in [6.45, 7) is 4.96. The number of aromatic hydroxyl groups is 1. The van der Waals surface area contributed by atoms with Crippen LogP contribution in [0.1, 0.15) is 39.2 Å². The second-order valence-corrected chi connectivity index (χ2v) is 8.96. The van der Waals surface area contributed by atoms with Gasteiger partial charge in [0.25, 0.3) is 0 Å². The number of benzene rings is 1. The van der Waals surface area contributed by atoms with Gasteiger partial charge in [0.1, 0.15) is 29.9 Å². The molecule has 11 nitrogen and oxygen atoms in total. The molecule has 0 aliphatic carbocycles. The number of hydrogen-bond donors (Lipinski definition) is 6. The Kier molecular flexibility index (Phi) is 9.39. The number of phenolic OH excluding ortho intramolecular Hbond substituents is 1. The lowest BCUT2D eigenvalue weighted by Gasteiger charge is -2.30. The van der Waals surface area contributed by atoms with Gasteiger partial charge in [-0.25, -0.2) is 4.79 Å². The van der Waals surface area contributed by atoms with Crippen LogP contribution < -0.4 is 16.4 Å². The summed E-state index contributed by atoms with van der Waals surface area (Å²) in [5.74, 6) is -3.28. The Labute approximate surface area is 198 Å². The van der Waals surface area contributed by atoms with Crippen LogP contribution >= 0.6 is 0 Å². The second-order valence-electron chi connectivity index (χ2n) is 8.96. The third-order valence-electron chi connectivity index (χ3n) is 5.88. The first-order chi connectivity index (χ1) is 15.9. The van der Waals surface area contributed by atoms with Crippen LogP contribution in [0.15, 0.2) is 24.3 Å². The van der Waals surface area contributed by atoms with Gasteiger partial charge in [-0.05, 0) is 43.4 Å². The zero-order chi connectivity index (χ0) is 25.6. The van der Waals surface area contributed by atoms with Crippen LogP contribution in [0.4, 0.5) is 0 Å². The molecule has 0 saturated carbocycles. The van der Waals surface area contributed by atoms with E-state index in [1.54, 1.807) is 26.0 Å². The van der Waals surface area contributed by atoms with Crippen molar-refractivity contribution in [2.75, 3.05) is 6.54 Å². The fourth-order valence-electron chi connectivity index (χ4n) is 3.82. The molecule has 1 aromatic rings. The molecular formula is C23H34N4O7. The number of likely N-dealkylation sites (tertiary alicyclic amines) is 1. The number of carbonyl (C=O) groups excluding carboxylic acids is 3. The molecule has 0 radical (unpaired) electrons. The lowest BCUT2D eigenvalue weighted by atomic mass is 10.0. The van der Waals surface area contributed by atoms with Crippen LogP contribution in [-0.2, 0) is 25.6 Å². The van der Waals surface area contributed by atoms with Crippen LogP contribution in [0.2, 0.25) is 0 Å². The highest BCUT2D eigenvalue weighted by atomic mass is 16.4. The average Bonchev–Trinajstić information content (AvgIpc) is 3.26. The van der Waals surface area contributed by atoms with E-state index in [-0.39, 0.29) is 24.6 Å². The largest absolute Gasteiger partial charge is 0.508 e. The molecule has 11 heteroatoms. The Morgan fingerprint density at radius 1 is 1.12 bits per heavy atom. The summed E-state index contributed by atoms with van der Waals surface area (Å²) >= 11 is 0. The van der Waals surface area contributed by atoms with Crippen molar-refractivity contribution in [3.63, 3.8) is 0 Å². The second kappa shape index (κ2) is 11.8. The Bertz CT molecular complexity index is 888. The number of carbonyl (C=O) groups is 4. The molecule has 34 heavy (non-hydrogen) atoms. The summed E-state index contributed by atoms with van der Waals surface area (Å²) in [7, 11) is 0. The lowest BCUT2D eigenvalue weighted by Crippen LogP contribution is -2.58. The third kappa shape index (κ3) is 6.91. The monoisotopic (exact) mass is 478 g/mol. The molecule has 1 aromatic carbocycles. The summed E-state index contributed by atoms with van der Waals surface area (Å²) < 4.78 is 0. The Balaban J connectivity index is 2.25. The zero-order valence-corrected chi connectivity index (χ0v) is 19.6. The zero-order valence-electron chi connectivity index (χ0n) is 19.6. The van der Waals surface area contributed by atoms with Crippen LogP contribution in [0.25, 0.3) is 0 Å². The van der Waals surface area contributed by atoms with Gasteiger partial charge in [0.2, 0.25) is 17.7 Å². The number of nitrogens with two attached hydrogens (primary N) is 1. The fraction of sp³-hybridized carbons (Fsp3) is 0.565. The van der Waals surface area contributed by atoms with Gasteiger partial charge in [-0.1, -0.05) is 26.0 Å². The van der Waals surface area contributed by atoms with Crippen molar-refractivity contribution in [1.29, 1.82) is 0 Å². The highest BCUT2D eigenvalue weighted by molar-refractivity contribution is 5.94. The molecular weight excluding hydrogens is 444 g/mol. The number of rotatable bonds is 10. The normalized spacial score (nSPS) is 19.2. The molecule has 1 fully saturated rings. The standard InChI is InChI=1S/C23H34N4O7/c1-12(2)19(23(33)34)26-20(30)17-5-4-10-27(17)22(32)16(25-21(31)18(24)13(3)28)11-14-6-8-15(29)9-7-14/h6-9,12-13,16-19,28-29H,4-5,10-11,24H2,1-3H3,(H,25,31)(H,26,30)(H,33,34). The van der Waals surface area contributed by atoms with Gasteiger partial charge in [-0.15, -0.1) is 0 Å². The number of aliphatic hydroxyl groups excluding tert-OH is 1. The highest BCUT2D eigenvalue weighted by Crippen LogP contribution is 2.21. The van der Waals surface area contributed by atoms with Gasteiger partial charge in [-0.2, -0.15) is 0 Å². The fourth-order valence-corrected chi connectivity index (χ4v) is 3.82. The van der Waals surface area contributed by atoms with E-state index in [0.29, 0.717) is 18.4 Å². The summed E-state index contributed by atoms with van der Waals surface area (Å²) in [6, 6.07) is 1.79. The minimum atomic E-state index is -1.25. The van der Waals surface area contributed by atoms with Crippen LogP contribution in [-0.4, -0.2) is 80.7 Å². The van der Waals surface area contributed by atoms with E-state index in [2.05, 4.69) is 10.6 Å². The number of amides is 3. The number of aliphatic hydroxyl groups is 1. The number of carboxylic acid groups (broad SMARTS) is 1. The van der Waals surface area contributed by atoms with Crippen molar-refractivity contribution in [3.05, 3.63) is 29.8 Å². The molecule has 2 rings (SSSR count). The average molecular weight is 479 g/mol. The number of hydrogen-bond acceptors (Lipinski definition) is 7. The van der Waals surface area contributed by atoms with Gasteiger partial charge in [-0.3, -0.25) is 14.4 Å². The summed E-state index contributed by atoms with van der Waals surface area (Å²) in [5.41, 5.74) is 6.37. The van der Waals surface area contributed by atoms with E-state index < -0.39 is 54.0 Å². The van der Waals surface area contributed by atoms with Gasteiger partial charge >= 0.3 is 5.97 Å². The smallest absolute Gasteiger partial charge is 0.326 e. The van der Waals surface area contributed by atoms with Gasteiger partial charge in [0, 0.05) is 13.0 Å². The molecule has 0 aromatic heterocycles. The maximum absolute atomic E-state index is 13.5. The van der Waals surface area contributed by atoms with Gasteiger partial charge in [0.05, 0.1) is 6.10 Å². The van der Waals surface area contributed by atoms with E-state index in [4.69, 9.17) is 5.73 Å². The molecule has 0 bridgehead atoms. The van der Waals surface area contributed by atoms with E-state index in [9.17, 15) is 34.5 Å². The first kappa shape index (κ1) is 27.1. The third-order valence-corrected chi connectivity index (χ3v) is 5.88. The number of aliphatic carboxylic acids is 1. The predicted molar refractivity (Wildman–Crippen MR) is 123 cm³/mol.